The molecule has 3 heterocycles. The van der Waals surface area contributed by atoms with E-state index in [0.29, 0.717) is 20.7 Å². The fraction of sp³-hybridized carbons (Fsp3) is 0. The van der Waals surface area contributed by atoms with Gasteiger partial charge in [-0.05, 0) is 6.07 Å². The van der Waals surface area contributed by atoms with Gasteiger partial charge in [-0.3, -0.25) is 15.1 Å². The maximum absolute atomic E-state index is 13.1. The fourth-order valence-electron chi connectivity index (χ4n) is 3.11. The van der Waals surface area contributed by atoms with Crippen molar-refractivity contribution in [3.63, 3.8) is 0 Å². The highest BCUT2D eigenvalue weighted by molar-refractivity contribution is 8.01. The van der Waals surface area contributed by atoms with Crippen LogP contribution in [-0.2, 0) is 10.8 Å². The molecule has 0 N–H and O–H groups in total. The van der Waals surface area contributed by atoms with Gasteiger partial charge in [0, 0.05) is 39.0 Å². The van der Waals surface area contributed by atoms with Crippen molar-refractivity contribution < 1.29 is 9.13 Å². The van der Waals surface area contributed by atoms with Crippen LogP contribution in [0.5, 0.6) is 0 Å². The largest absolute Gasteiger partial charge is 0.295 e. The zero-order chi connectivity index (χ0) is 17.8. The minimum Gasteiger partial charge on any atom is -0.258 e. The first-order valence-corrected chi connectivity index (χ1v) is 9.65. The summed E-state index contributed by atoms with van der Waals surface area (Å²) in [5.41, 5.74) is 1.08. The molecule has 4 aromatic rings. The van der Waals surface area contributed by atoms with Gasteiger partial charge in [-0.1, -0.05) is 42.1 Å². The van der Waals surface area contributed by atoms with Gasteiger partial charge >= 0.3 is 0 Å². The van der Waals surface area contributed by atoms with Crippen molar-refractivity contribution in [3.05, 3.63) is 65.0 Å². The highest BCUT2D eigenvalue weighted by Crippen LogP contribution is 2.48. The van der Waals surface area contributed by atoms with Crippen LogP contribution in [0.25, 0.3) is 21.8 Å². The summed E-state index contributed by atoms with van der Waals surface area (Å²) in [7, 11) is -1.44. The van der Waals surface area contributed by atoms with Crippen molar-refractivity contribution >= 4 is 50.1 Å². The molecule has 2 aromatic carbocycles. The topological polar surface area (TPSA) is 86.0 Å². The zero-order valence-corrected chi connectivity index (χ0v) is 14.7. The number of nitro groups is 1. The number of fused-ring (bicyclic) bond motifs is 6. The number of para-hydroxylation sites is 2. The van der Waals surface area contributed by atoms with E-state index < -0.39 is 15.7 Å². The number of pyridine rings is 2. The first-order valence-electron chi connectivity index (χ1n) is 7.68. The third kappa shape index (κ3) is 2.09. The van der Waals surface area contributed by atoms with E-state index in [-0.39, 0.29) is 5.69 Å². The summed E-state index contributed by atoms with van der Waals surface area (Å²) in [4.78, 5) is 22.3. The average molecular weight is 379 g/mol. The number of hydrogen-bond acceptors (Lipinski definition) is 6. The summed E-state index contributed by atoms with van der Waals surface area (Å²) >= 11 is 1.47. The Balaban J connectivity index is 1.84. The molecule has 26 heavy (non-hydrogen) atoms. The lowest BCUT2D eigenvalue weighted by Crippen LogP contribution is -2.06. The van der Waals surface area contributed by atoms with Crippen molar-refractivity contribution in [2.45, 2.75) is 19.6 Å². The van der Waals surface area contributed by atoms with Gasteiger partial charge in [-0.15, -0.1) is 0 Å². The monoisotopic (exact) mass is 379 g/mol. The van der Waals surface area contributed by atoms with Crippen LogP contribution in [0.1, 0.15) is 0 Å². The summed E-state index contributed by atoms with van der Waals surface area (Å²) in [6, 6.07) is 12.5. The molecule has 0 bridgehead atoms. The molecule has 0 amide bonds. The highest BCUT2D eigenvalue weighted by Gasteiger charge is 2.28. The lowest BCUT2D eigenvalue weighted by molar-refractivity contribution is -0.383. The number of hydrogen-bond donors (Lipinski definition) is 0. The Bertz CT molecular complexity index is 1270. The van der Waals surface area contributed by atoms with Gasteiger partial charge in [0.2, 0.25) is 0 Å². The van der Waals surface area contributed by atoms with E-state index in [1.165, 1.54) is 24.0 Å². The minimum atomic E-state index is -1.44. The third-order valence-electron chi connectivity index (χ3n) is 4.29. The Kier molecular flexibility index (Phi) is 3.31. The van der Waals surface area contributed by atoms with Gasteiger partial charge in [0.25, 0.3) is 5.69 Å². The van der Waals surface area contributed by atoms with Crippen LogP contribution in [0.2, 0.25) is 0 Å². The van der Waals surface area contributed by atoms with Gasteiger partial charge in [-0.2, -0.15) is 0 Å². The summed E-state index contributed by atoms with van der Waals surface area (Å²) in [5, 5.41) is 12.9. The summed E-state index contributed by atoms with van der Waals surface area (Å²) < 4.78 is 13.1. The molecule has 0 radical (unpaired) electrons. The Morgan fingerprint density at radius 1 is 0.923 bits per heavy atom. The van der Waals surface area contributed by atoms with Gasteiger partial charge in [0.15, 0.2) is 0 Å². The van der Waals surface area contributed by atoms with Gasteiger partial charge in [0.1, 0.15) is 5.52 Å². The predicted molar refractivity (Wildman–Crippen MR) is 98.9 cm³/mol. The molecular weight excluding hydrogens is 370 g/mol. The molecule has 0 saturated carbocycles. The Morgan fingerprint density at radius 3 is 2.42 bits per heavy atom. The van der Waals surface area contributed by atoms with E-state index in [2.05, 4.69) is 9.97 Å². The van der Waals surface area contributed by atoms with Crippen LogP contribution in [0.3, 0.4) is 0 Å². The van der Waals surface area contributed by atoms with Crippen molar-refractivity contribution in [1.82, 2.24) is 9.97 Å². The number of rotatable bonds is 1. The molecule has 8 heteroatoms. The van der Waals surface area contributed by atoms with Crippen LogP contribution < -0.4 is 0 Å². The number of aromatic nitrogens is 2. The van der Waals surface area contributed by atoms with E-state index in [0.717, 1.165) is 20.7 Å². The second-order valence-electron chi connectivity index (χ2n) is 5.72. The van der Waals surface area contributed by atoms with E-state index in [4.69, 9.17) is 0 Å². The van der Waals surface area contributed by atoms with E-state index in [1.807, 2.05) is 24.3 Å². The molecule has 0 fully saturated rings. The zero-order valence-electron chi connectivity index (χ0n) is 13.1. The fourth-order valence-corrected chi connectivity index (χ4v) is 5.97. The summed E-state index contributed by atoms with van der Waals surface area (Å²) in [6.45, 7) is 0. The van der Waals surface area contributed by atoms with Gasteiger partial charge < -0.3 is 0 Å². The molecule has 1 aliphatic heterocycles. The highest BCUT2D eigenvalue weighted by atomic mass is 32.2. The number of nitrogens with zero attached hydrogens (tertiary/aromatic N) is 3. The van der Waals surface area contributed by atoms with E-state index in [1.54, 1.807) is 18.3 Å². The molecular formula is C18H9N3O3S2. The molecule has 1 aliphatic rings. The first kappa shape index (κ1) is 15.4. The SMILES string of the molecule is O=[N+]([O-])c1cccc2c3c(cnc12)S(=O)c1cnc2ccccc2c1S3. The van der Waals surface area contributed by atoms with Crippen LogP contribution in [0.4, 0.5) is 5.69 Å². The van der Waals surface area contributed by atoms with Gasteiger partial charge in [0.05, 0.1) is 31.0 Å². The molecule has 5 rings (SSSR count). The van der Waals surface area contributed by atoms with Crippen LogP contribution >= 0.6 is 11.8 Å². The van der Waals surface area contributed by atoms with E-state index in [9.17, 15) is 14.3 Å². The lowest BCUT2D eigenvalue weighted by Gasteiger charge is -2.20. The summed E-state index contributed by atoms with van der Waals surface area (Å²) in [5.74, 6) is 0. The molecule has 0 spiro atoms. The third-order valence-corrected chi connectivity index (χ3v) is 7.25. The molecule has 2 aromatic heterocycles. The predicted octanol–water partition coefficient (Wildman–Crippen LogP) is 4.32. The number of non-ortho nitro benzene ring substituents is 1. The van der Waals surface area contributed by atoms with Crippen molar-refractivity contribution in [3.8, 4) is 0 Å². The smallest absolute Gasteiger partial charge is 0.258 e. The van der Waals surface area contributed by atoms with Crippen molar-refractivity contribution in [2.24, 2.45) is 0 Å². The Morgan fingerprint density at radius 2 is 1.62 bits per heavy atom. The summed E-state index contributed by atoms with van der Waals surface area (Å²) in [6.07, 6.45) is 3.12. The quantitative estimate of drug-likeness (QED) is 0.318. The van der Waals surface area contributed by atoms with Crippen LogP contribution in [-0.4, -0.2) is 19.1 Å². The van der Waals surface area contributed by atoms with Crippen LogP contribution in [0, 0.1) is 10.1 Å². The molecule has 1 unspecified atom stereocenters. The number of benzene rings is 2. The average Bonchev–Trinajstić information content (AvgIpc) is 2.67. The molecule has 0 saturated heterocycles. The first-order chi connectivity index (χ1) is 12.6. The number of nitro benzene ring substituents is 1. The van der Waals surface area contributed by atoms with Crippen molar-refractivity contribution in [1.29, 1.82) is 0 Å². The molecule has 6 nitrogen and oxygen atoms in total. The standard InChI is InChI=1S/C18H9N3O3S2/c22-21(23)13-7-3-5-11-16(13)20-9-15-18(11)25-17-10-4-1-2-6-12(10)19-8-14(17)26(15)24/h1-9H. The lowest BCUT2D eigenvalue weighted by atomic mass is 10.2. The normalized spacial score (nSPS) is 15.6. The second kappa shape index (κ2) is 5.58. The maximum Gasteiger partial charge on any atom is 0.295 e. The van der Waals surface area contributed by atoms with Crippen LogP contribution in [0.15, 0.2) is 74.4 Å². The Hall–Kier alpha value is -2.84. The van der Waals surface area contributed by atoms with Crippen molar-refractivity contribution in [2.75, 3.05) is 0 Å². The molecule has 1 atom stereocenters. The minimum absolute atomic E-state index is 0.0536. The second-order valence-corrected chi connectivity index (χ2v) is 8.16. The van der Waals surface area contributed by atoms with E-state index >= 15 is 0 Å². The van der Waals surface area contributed by atoms with Gasteiger partial charge in [-0.25, -0.2) is 9.19 Å². The Labute approximate surface area is 153 Å². The molecule has 0 aliphatic carbocycles. The molecule has 126 valence electrons. The maximum atomic E-state index is 13.1.